The van der Waals surface area contributed by atoms with Crippen LogP contribution in [0.4, 0.5) is 5.82 Å². The summed E-state index contributed by atoms with van der Waals surface area (Å²) in [5.74, 6) is 1.09. The van der Waals surface area contributed by atoms with E-state index in [9.17, 15) is 9.59 Å². The molecule has 1 unspecified atom stereocenters. The molecule has 4 rings (SSSR count). The summed E-state index contributed by atoms with van der Waals surface area (Å²) in [6.07, 6.45) is 4.15. The van der Waals surface area contributed by atoms with Crippen molar-refractivity contribution in [1.29, 1.82) is 0 Å². The molecule has 1 aromatic carbocycles. The normalized spacial score (nSPS) is 20.1. The highest BCUT2D eigenvalue weighted by Gasteiger charge is 2.33. The number of hydrogen-bond acceptors (Lipinski definition) is 4. The highest BCUT2D eigenvalue weighted by molar-refractivity contribution is 6.30. The average Bonchev–Trinajstić information content (AvgIpc) is 3.24. The van der Waals surface area contributed by atoms with Crippen LogP contribution in [0.25, 0.3) is 0 Å². The van der Waals surface area contributed by atoms with E-state index >= 15 is 0 Å². The number of nitrogens with zero attached hydrogens (tertiary/aromatic N) is 3. The number of likely N-dealkylation sites (tertiary alicyclic amines) is 1. The summed E-state index contributed by atoms with van der Waals surface area (Å²) in [7, 11) is 0. The van der Waals surface area contributed by atoms with Crippen molar-refractivity contribution in [2.24, 2.45) is 11.7 Å². The summed E-state index contributed by atoms with van der Waals surface area (Å²) in [6, 6.07) is 11.5. The second-order valence-electron chi connectivity index (χ2n) is 7.85. The van der Waals surface area contributed by atoms with Crippen LogP contribution in [0.15, 0.2) is 42.6 Å². The molecule has 2 aliphatic heterocycles. The minimum absolute atomic E-state index is 0.0695. The molecular formula is C22H25ClN4O2. The van der Waals surface area contributed by atoms with Crippen LogP contribution in [0, 0.1) is 5.92 Å². The van der Waals surface area contributed by atoms with Crippen molar-refractivity contribution in [2.75, 3.05) is 31.1 Å². The zero-order chi connectivity index (χ0) is 20.4. The van der Waals surface area contributed by atoms with Crippen molar-refractivity contribution in [2.45, 2.75) is 25.2 Å². The van der Waals surface area contributed by atoms with Crippen molar-refractivity contribution < 1.29 is 9.59 Å². The Morgan fingerprint density at radius 1 is 1.00 bits per heavy atom. The first-order valence-electron chi connectivity index (χ1n) is 10.1. The SMILES string of the molecule is NC(=O)c1ccc(N2CCC(C(=O)N3CCC(c4ccc(Cl)cc4)C3)CC2)nc1. The summed E-state index contributed by atoms with van der Waals surface area (Å²) in [4.78, 5) is 32.7. The number of anilines is 1. The smallest absolute Gasteiger partial charge is 0.250 e. The number of benzene rings is 1. The van der Waals surface area contributed by atoms with Crippen LogP contribution < -0.4 is 10.6 Å². The Morgan fingerprint density at radius 3 is 2.34 bits per heavy atom. The molecule has 0 bridgehead atoms. The molecule has 2 aromatic rings. The maximum atomic E-state index is 13.0. The molecule has 2 fully saturated rings. The van der Waals surface area contributed by atoms with Gasteiger partial charge in [-0.05, 0) is 49.1 Å². The van der Waals surface area contributed by atoms with E-state index in [1.165, 1.54) is 11.8 Å². The number of carbonyl (C=O) groups is 2. The number of rotatable bonds is 4. The highest BCUT2D eigenvalue weighted by Crippen LogP contribution is 2.31. The molecule has 2 aliphatic rings. The van der Waals surface area contributed by atoms with E-state index in [0.29, 0.717) is 11.5 Å². The summed E-state index contributed by atoms with van der Waals surface area (Å²) in [5.41, 5.74) is 6.93. The number of aromatic nitrogens is 1. The fourth-order valence-electron chi connectivity index (χ4n) is 4.30. The van der Waals surface area contributed by atoms with Crippen LogP contribution in [0.1, 0.15) is 41.1 Å². The second kappa shape index (κ2) is 8.41. The topological polar surface area (TPSA) is 79.5 Å². The molecule has 1 aromatic heterocycles. The first kappa shape index (κ1) is 19.7. The van der Waals surface area contributed by atoms with E-state index < -0.39 is 5.91 Å². The Morgan fingerprint density at radius 2 is 1.72 bits per heavy atom. The molecule has 6 nitrogen and oxygen atoms in total. The summed E-state index contributed by atoms with van der Waals surface area (Å²) >= 11 is 5.98. The predicted molar refractivity (Wildman–Crippen MR) is 113 cm³/mol. The van der Waals surface area contributed by atoms with Gasteiger partial charge >= 0.3 is 0 Å². The van der Waals surface area contributed by atoms with Gasteiger partial charge in [0.15, 0.2) is 0 Å². The molecule has 2 amide bonds. The minimum Gasteiger partial charge on any atom is -0.366 e. The van der Waals surface area contributed by atoms with E-state index in [4.69, 9.17) is 17.3 Å². The highest BCUT2D eigenvalue weighted by atomic mass is 35.5. The van der Waals surface area contributed by atoms with E-state index in [1.54, 1.807) is 6.07 Å². The van der Waals surface area contributed by atoms with Gasteiger partial charge in [-0.15, -0.1) is 0 Å². The quantitative estimate of drug-likeness (QED) is 0.836. The van der Waals surface area contributed by atoms with Crippen molar-refractivity contribution in [3.05, 3.63) is 58.7 Å². The number of carbonyl (C=O) groups excluding carboxylic acids is 2. The lowest BCUT2D eigenvalue weighted by atomic mass is 9.95. The van der Waals surface area contributed by atoms with Gasteiger partial charge in [-0.2, -0.15) is 0 Å². The number of nitrogens with two attached hydrogens (primary N) is 1. The van der Waals surface area contributed by atoms with Gasteiger partial charge in [0.1, 0.15) is 5.82 Å². The number of piperidine rings is 1. The van der Waals surface area contributed by atoms with E-state index in [0.717, 1.165) is 56.3 Å². The van der Waals surface area contributed by atoms with Gasteiger partial charge in [0, 0.05) is 49.2 Å². The molecule has 7 heteroatoms. The first-order chi connectivity index (χ1) is 14.0. The molecule has 0 saturated carbocycles. The molecule has 3 heterocycles. The van der Waals surface area contributed by atoms with Gasteiger partial charge in [-0.25, -0.2) is 4.98 Å². The van der Waals surface area contributed by atoms with Gasteiger partial charge in [0.2, 0.25) is 11.8 Å². The molecule has 1 atom stereocenters. The third-order valence-corrected chi connectivity index (χ3v) is 6.29. The largest absolute Gasteiger partial charge is 0.366 e. The first-order valence-corrected chi connectivity index (χ1v) is 10.4. The van der Waals surface area contributed by atoms with Gasteiger partial charge in [-0.1, -0.05) is 23.7 Å². The number of amides is 2. The third-order valence-electron chi connectivity index (χ3n) is 6.04. The Bertz CT molecular complexity index is 877. The Hall–Kier alpha value is -2.60. The molecule has 0 aliphatic carbocycles. The molecule has 0 radical (unpaired) electrons. The monoisotopic (exact) mass is 412 g/mol. The van der Waals surface area contributed by atoms with E-state index in [-0.39, 0.29) is 11.8 Å². The number of halogens is 1. The van der Waals surface area contributed by atoms with Crippen molar-refractivity contribution in [1.82, 2.24) is 9.88 Å². The van der Waals surface area contributed by atoms with Gasteiger partial charge < -0.3 is 15.5 Å². The summed E-state index contributed by atoms with van der Waals surface area (Å²) < 4.78 is 0. The van der Waals surface area contributed by atoms with Crippen molar-refractivity contribution in [3.8, 4) is 0 Å². The summed E-state index contributed by atoms with van der Waals surface area (Å²) in [6.45, 7) is 3.18. The molecular weight excluding hydrogens is 388 g/mol. The van der Waals surface area contributed by atoms with Gasteiger partial charge in [-0.3, -0.25) is 9.59 Å². The van der Waals surface area contributed by atoms with E-state index in [2.05, 4.69) is 22.0 Å². The van der Waals surface area contributed by atoms with Gasteiger partial charge in [0.05, 0.1) is 5.56 Å². The van der Waals surface area contributed by atoms with Crippen LogP contribution in [0.5, 0.6) is 0 Å². The molecule has 29 heavy (non-hydrogen) atoms. The number of hydrogen-bond donors (Lipinski definition) is 1. The Balaban J connectivity index is 1.31. The molecule has 2 saturated heterocycles. The number of pyridine rings is 1. The van der Waals surface area contributed by atoms with E-state index in [1.807, 2.05) is 23.1 Å². The van der Waals surface area contributed by atoms with Gasteiger partial charge in [0.25, 0.3) is 0 Å². The van der Waals surface area contributed by atoms with Crippen LogP contribution in [0.3, 0.4) is 0 Å². The fourth-order valence-corrected chi connectivity index (χ4v) is 4.43. The summed E-state index contributed by atoms with van der Waals surface area (Å²) in [5, 5.41) is 0.741. The number of primary amides is 1. The molecule has 2 N–H and O–H groups in total. The third kappa shape index (κ3) is 4.37. The van der Waals surface area contributed by atoms with Crippen LogP contribution >= 0.6 is 11.6 Å². The zero-order valence-corrected chi connectivity index (χ0v) is 17.0. The molecule has 152 valence electrons. The fraction of sp³-hybridized carbons (Fsp3) is 0.409. The maximum Gasteiger partial charge on any atom is 0.250 e. The Labute approximate surface area is 175 Å². The van der Waals surface area contributed by atoms with Crippen LogP contribution in [-0.2, 0) is 4.79 Å². The van der Waals surface area contributed by atoms with Crippen molar-refractivity contribution in [3.63, 3.8) is 0 Å². The predicted octanol–water partition coefficient (Wildman–Crippen LogP) is 3.07. The maximum absolute atomic E-state index is 13.0. The minimum atomic E-state index is -0.476. The lowest BCUT2D eigenvalue weighted by Gasteiger charge is -2.34. The van der Waals surface area contributed by atoms with Crippen LogP contribution in [0.2, 0.25) is 5.02 Å². The lowest BCUT2D eigenvalue weighted by Crippen LogP contribution is -2.42. The standard InChI is InChI=1S/C22H25ClN4O2/c23-19-4-1-15(2-5-19)18-9-12-27(14-18)22(29)16-7-10-26(11-8-16)20-6-3-17(13-25-20)21(24)28/h1-6,13,16,18H,7-12,14H2,(H2,24,28). The Kier molecular flexibility index (Phi) is 5.72. The molecule has 0 spiro atoms. The van der Waals surface area contributed by atoms with Crippen molar-refractivity contribution >= 4 is 29.2 Å². The average molecular weight is 413 g/mol. The zero-order valence-electron chi connectivity index (χ0n) is 16.3. The van der Waals surface area contributed by atoms with Crippen LogP contribution in [-0.4, -0.2) is 47.9 Å². The second-order valence-corrected chi connectivity index (χ2v) is 8.29. The lowest BCUT2D eigenvalue weighted by molar-refractivity contribution is -0.135.